The molecule has 0 N–H and O–H groups in total. The first-order valence-electron chi connectivity index (χ1n) is 8.64. The number of allylic oxidation sites excluding steroid dienone is 3. The van der Waals surface area contributed by atoms with Crippen LogP contribution >= 0.6 is 10.7 Å². The molecule has 0 saturated carbocycles. The first-order valence-corrected chi connectivity index (χ1v) is 12.4. The van der Waals surface area contributed by atoms with Gasteiger partial charge in [0.1, 0.15) is 15.4 Å². The van der Waals surface area contributed by atoms with Gasteiger partial charge < -0.3 is 4.74 Å². The predicted octanol–water partition coefficient (Wildman–Crippen LogP) is 3.51. The Balaban J connectivity index is 2.24. The van der Waals surface area contributed by atoms with Gasteiger partial charge >= 0.3 is 6.18 Å². The maximum Gasteiger partial charge on any atom is 0.392 e. The van der Waals surface area contributed by atoms with Crippen molar-refractivity contribution >= 4 is 29.8 Å². The lowest BCUT2D eigenvalue weighted by Gasteiger charge is -2.33. The number of nitrogens with zero attached hydrogens (tertiary/aromatic N) is 1. The Morgan fingerprint density at radius 2 is 1.93 bits per heavy atom. The smallest absolute Gasteiger partial charge is 0.392 e. The lowest BCUT2D eigenvalue weighted by atomic mass is 9.87. The minimum Gasteiger partial charge on any atom is -0.499 e. The summed E-state index contributed by atoms with van der Waals surface area (Å²) in [6, 6.07) is 0. The molecular weight excluding hydrogens is 455 g/mol. The molecule has 0 amide bonds. The molecule has 0 fully saturated rings. The zero-order chi connectivity index (χ0) is 21.8. The summed E-state index contributed by atoms with van der Waals surface area (Å²) < 4.78 is 95.2. The highest BCUT2D eigenvalue weighted by Gasteiger charge is 2.49. The van der Waals surface area contributed by atoms with Crippen LogP contribution in [-0.4, -0.2) is 38.8 Å². The van der Waals surface area contributed by atoms with Crippen molar-refractivity contribution in [2.45, 2.75) is 48.4 Å². The summed E-state index contributed by atoms with van der Waals surface area (Å²) in [7, 11) is -2.01. The summed E-state index contributed by atoms with van der Waals surface area (Å²) in [5.41, 5.74) is -0.189. The summed E-state index contributed by atoms with van der Waals surface area (Å²) in [6.45, 7) is 1.38. The average molecular weight is 474 g/mol. The van der Waals surface area contributed by atoms with E-state index in [9.17, 15) is 30.0 Å². The molecule has 0 saturated heterocycles. The molecule has 6 nitrogen and oxygen atoms in total. The normalized spacial score (nSPS) is 25.4. The lowest BCUT2D eigenvalue weighted by molar-refractivity contribution is -0.177. The second-order valence-electron chi connectivity index (χ2n) is 7.24. The minimum atomic E-state index is -4.54. The van der Waals surface area contributed by atoms with Crippen LogP contribution in [-0.2, 0) is 36.7 Å². The van der Waals surface area contributed by atoms with E-state index < -0.39 is 47.2 Å². The van der Waals surface area contributed by atoms with Gasteiger partial charge in [-0.2, -0.15) is 13.2 Å². The molecule has 1 heterocycles. The zero-order valence-electron chi connectivity index (χ0n) is 15.5. The number of ether oxygens (including phenoxy) is 1. The minimum absolute atomic E-state index is 0.00756. The Kier molecular flexibility index (Phi) is 5.41. The van der Waals surface area contributed by atoms with Crippen molar-refractivity contribution in [3.05, 3.63) is 41.4 Å². The molecule has 1 aromatic rings. The summed E-state index contributed by atoms with van der Waals surface area (Å²) in [5.74, 6) is -1.68. The molecule has 0 spiro atoms. The van der Waals surface area contributed by atoms with Gasteiger partial charge in [-0.05, 0) is 37.8 Å². The molecule has 0 aliphatic heterocycles. The third-order valence-electron chi connectivity index (χ3n) is 5.51. The second-order valence-corrected chi connectivity index (χ2v) is 12.0. The van der Waals surface area contributed by atoms with Crippen LogP contribution in [0.25, 0.3) is 0 Å². The maximum absolute atomic E-state index is 13.5. The van der Waals surface area contributed by atoms with Crippen LogP contribution in [0.15, 0.2) is 35.1 Å². The largest absolute Gasteiger partial charge is 0.499 e. The summed E-state index contributed by atoms with van der Waals surface area (Å²) in [5, 5.41) is 0. The van der Waals surface area contributed by atoms with Crippen molar-refractivity contribution < 1.29 is 34.7 Å². The molecule has 0 radical (unpaired) electrons. The fraction of sp³-hybridized carbons (Fsp3) is 0.529. The van der Waals surface area contributed by atoms with Crippen molar-refractivity contribution in [2.24, 2.45) is 5.92 Å². The Bertz CT molecular complexity index is 1100. The van der Waals surface area contributed by atoms with Crippen molar-refractivity contribution in [1.82, 2.24) is 3.97 Å². The van der Waals surface area contributed by atoms with Gasteiger partial charge in [0, 0.05) is 29.0 Å². The summed E-state index contributed by atoms with van der Waals surface area (Å²) in [4.78, 5) is -0.476. The average Bonchev–Trinajstić information content (AvgIpc) is 3.01. The number of hydrogen-bond acceptors (Lipinski definition) is 5. The van der Waals surface area contributed by atoms with E-state index in [-0.39, 0.29) is 36.3 Å². The van der Waals surface area contributed by atoms with Gasteiger partial charge in [-0.25, -0.2) is 20.8 Å². The highest BCUT2D eigenvalue weighted by Crippen LogP contribution is 2.43. The molecule has 0 bridgehead atoms. The lowest BCUT2D eigenvalue weighted by Crippen LogP contribution is -2.43. The van der Waals surface area contributed by atoms with Crippen molar-refractivity contribution in [3.8, 4) is 0 Å². The van der Waals surface area contributed by atoms with E-state index in [0.29, 0.717) is 3.97 Å². The van der Waals surface area contributed by atoms with Crippen LogP contribution in [0, 0.1) is 5.92 Å². The molecule has 29 heavy (non-hydrogen) atoms. The quantitative estimate of drug-likeness (QED) is 0.625. The van der Waals surface area contributed by atoms with Gasteiger partial charge in [0.05, 0.1) is 13.0 Å². The Morgan fingerprint density at radius 1 is 1.28 bits per heavy atom. The first kappa shape index (κ1) is 22.2. The SMILES string of the molecule is COC1=CC=CCC1(C)S(=O)(=O)n1cc(S(=O)(=O)Cl)c2c1C[C@H](C(F)(F)F)CC2. The molecule has 162 valence electrons. The fourth-order valence-electron chi connectivity index (χ4n) is 3.83. The van der Waals surface area contributed by atoms with Crippen molar-refractivity contribution in [1.29, 1.82) is 0 Å². The van der Waals surface area contributed by atoms with Gasteiger partial charge in [-0.1, -0.05) is 12.2 Å². The molecule has 0 aromatic carbocycles. The summed E-state index contributed by atoms with van der Waals surface area (Å²) in [6.07, 6.45) is -0.298. The van der Waals surface area contributed by atoms with E-state index in [1.165, 1.54) is 20.1 Å². The van der Waals surface area contributed by atoms with Crippen LogP contribution in [0.1, 0.15) is 31.0 Å². The third kappa shape index (κ3) is 3.61. The van der Waals surface area contributed by atoms with Crippen LogP contribution in [0.5, 0.6) is 0 Å². The van der Waals surface area contributed by atoms with Gasteiger partial charge in [0.25, 0.3) is 19.1 Å². The third-order valence-corrected chi connectivity index (χ3v) is 9.24. The van der Waals surface area contributed by atoms with Crippen LogP contribution in [0.3, 0.4) is 0 Å². The molecule has 2 aliphatic rings. The number of fused-ring (bicyclic) bond motifs is 1. The van der Waals surface area contributed by atoms with Gasteiger partial charge in [-0.15, -0.1) is 0 Å². The molecule has 12 heteroatoms. The Morgan fingerprint density at radius 3 is 2.48 bits per heavy atom. The van der Waals surface area contributed by atoms with E-state index in [0.717, 1.165) is 6.20 Å². The number of alkyl halides is 3. The predicted molar refractivity (Wildman–Crippen MR) is 101 cm³/mol. The molecule has 2 atom stereocenters. The van der Waals surface area contributed by atoms with Crippen LogP contribution in [0.2, 0.25) is 0 Å². The summed E-state index contributed by atoms with van der Waals surface area (Å²) >= 11 is 0. The standard InChI is InChI=1S/C17H19ClF3NO5S2/c1-16(8-4-3-5-15(16)27-2)29(25,26)22-10-14(28(18,23)24)12-7-6-11(9-13(12)22)17(19,20)21/h3-5,10-11H,6-9H2,1-2H3/t11-,16?/m1/s1. The molecule has 2 aliphatic carbocycles. The monoisotopic (exact) mass is 473 g/mol. The number of halogens is 4. The molecular formula is C17H19ClF3NO5S2. The van der Waals surface area contributed by atoms with E-state index in [1.807, 2.05) is 0 Å². The topological polar surface area (TPSA) is 82.4 Å². The molecule has 3 rings (SSSR count). The van der Waals surface area contributed by atoms with Crippen LogP contribution in [0.4, 0.5) is 13.2 Å². The number of methoxy groups -OCH3 is 1. The van der Waals surface area contributed by atoms with Gasteiger partial charge in [0.2, 0.25) is 0 Å². The highest BCUT2D eigenvalue weighted by atomic mass is 35.7. The molecule has 1 aromatic heterocycles. The maximum atomic E-state index is 13.5. The first-order chi connectivity index (χ1) is 13.2. The van der Waals surface area contributed by atoms with Crippen molar-refractivity contribution in [3.63, 3.8) is 0 Å². The van der Waals surface area contributed by atoms with E-state index in [4.69, 9.17) is 15.4 Å². The van der Waals surface area contributed by atoms with E-state index >= 15 is 0 Å². The number of hydrogen-bond donors (Lipinski definition) is 0. The highest BCUT2D eigenvalue weighted by molar-refractivity contribution is 8.13. The molecule has 1 unspecified atom stereocenters. The van der Waals surface area contributed by atoms with E-state index in [1.54, 1.807) is 12.2 Å². The fourth-order valence-corrected chi connectivity index (χ4v) is 6.91. The van der Waals surface area contributed by atoms with Crippen molar-refractivity contribution in [2.75, 3.05) is 7.11 Å². The van der Waals surface area contributed by atoms with Gasteiger partial charge in [0.15, 0.2) is 0 Å². The Labute approximate surface area is 171 Å². The van der Waals surface area contributed by atoms with Gasteiger partial charge in [-0.3, -0.25) is 0 Å². The zero-order valence-corrected chi connectivity index (χ0v) is 17.9. The Hall–Kier alpha value is -1.46. The second kappa shape index (κ2) is 7.05. The van der Waals surface area contributed by atoms with E-state index in [2.05, 4.69) is 0 Å². The number of aromatic nitrogens is 1. The number of rotatable bonds is 4. The van der Waals surface area contributed by atoms with Crippen LogP contribution < -0.4 is 0 Å².